The molecule has 1 saturated carbocycles. The van der Waals surface area contributed by atoms with Crippen LogP contribution in [0, 0.1) is 0 Å². The van der Waals surface area contributed by atoms with Gasteiger partial charge in [-0.3, -0.25) is 9.09 Å². The van der Waals surface area contributed by atoms with Gasteiger partial charge in [0.25, 0.3) is 11.6 Å². The fourth-order valence-corrected chi connectivity index (χ4v) is 10.9. The highest BCUT2D eigenvalue weighted by Crippen LogP contribution is 2.72. The molecular formula is C18H32N3O15P3S. The molecule has 3 unspecified atom stereocenters. The normalized spacial score (nSPS) is 27.4. The molecular weight excluding hydrogens is 623 g/mol. The Morgan fingerprint density at radius 2 is 1.73 bits per heavy atom. The van der Waals surface area contributed by atoms with Crippen LogP contribution in [0.5, 0.6) is 0 Å². The van der Waals surface area contributed by atoms with Crippen LogP contribution < -0.4 is 11.0 Å². The summed E-state index contributed by atoms with van der Waals surface area (Å²) in [4.78, 5) is 45.7. The number of rotatable bonds is 13. The fraction of sp³-hybridized carbons (Fsp3) is 0.778. The maximum absolute atomic E-state index is 12.4. The lowest BCUT2D eigenvalue weighted by Crippen LogP contribution is -2.59. The molecule has 2 aliphatic rings. The summed E-state index contributed by atoms with van der Waals surface area (Å²) >= 11 is 0.399. The molecule has 1 saturated heterocycles. The Balaban J connectivity index is 1.66. The first-order chi connectivity index (χ1) is 18.4. The summed E-state index contributed by atoms with van der Waals surface area (Å²) in [7, 11) is -11.3. The zero-order valence-electron chi connectivity index (χ0n) is 21.1. The van der Waals surface area contributed by atoms with E-state index in [1.165, 1.54) is 6.07 Å². The average Bonchev–Trinajstić information content (AvgIpc) is 2.99. The van der Waals surface area contributed by atoms with E-state index in [4.69, 9.17) is 4.74 Å². The second-order valence-corrected chi connectivity index (χ2v) is 16.4. The Morgan fingerprint density at radius 1 is 1.07 bits per heavy atom. The lowest BCUT2D eigenvalue weighted by atomic mass is 10.0. The van der Waals surface area contributed by atoms with Gasteiger partial charge in [-0.2, -0.15) is 13.6 Å². The largest absolute Gasteiger partial charge is 0.488 e. The highest BCUT2D eigenvalue weighted by molar-refractivity contribution is 8.55. The highest BCUT2D eigenvalue weighted by Gasteiger charge is 2.67. The maximum atomic E-state index is 12.4. The van der Waals surface area contributed by atoms with Crippen molar-refractivity contribution < 1.29 is 66.7 Å². The van der Waals surface area contributed by atoms with E-state index in [9.17, 15) is 53.6 Å². The topological polar surface area (TPSA) is 277 Å². The SMILES string of the molecule is CCCNc1ccn([C@@H]2O[C@H](COP(=O)(O)OP(=O)(O)OP(=O)(O)SC3CCCCC3)C(O)(O)C2(O)O)c(=O)n1. The molecule has 0 amide bonds. The highest BCUT2D eigenvalue weighted by atomic mass is 32.7. The van der Waals surface area contributed by atoms with Gasteiger partial charge in [0.2, 0.25) is 0 Å². The van der Waals surface area contributed by atoms with Crippen LogP contribution in [-0.2, 0) is 31.6 Å². The maximum Gasteiger partial charge on any atom is 0.488 e. The molecule has 1 aromatic rings. The van der Waals surface area contributed by atoms with Crippen molar-refractivity contribution in [3.63, 3.8) is 0 Å². The number of hydrogen-bond acceptors (Lipinski definition) is 15. The molecule has 2 heterocycles. The van der Waals surface area contributed by atoms with Crippen molar-refractivity contribution in [2.45, 2.75) is 74.6 Å². The van der Waals surface area contributed by atoms with Gasteiger partial charge in [-0.05, 0) is 36.7 Å². The van der Waals surface area contributed by atoms with Gasteiger partial charge < -0.3 is 45.2 Å². The summed E-state index contributed by atoms with van der Waals surface area (Å²) in [5, 5.41) is 43.8. The molecule has 230 valence electrons. The van der Waals surface area contributed by atoms with Crippen LogP contribution in [0.25, 0.3) is 0 Å². The molecule has 22 heteroatoms. The molecule has 3 rings (SSSR count). The minimum atomic E-state index is -5.70. The third-order valence-electron chi connectivity index (χ3n) is 5.90. The van der Waals surface area contributed by atoms with Gasteiger partial charge in [-0.1, -0.05) is 26.2 Å². The molecule has 1 aliphatic carbocycles. The quantitative estimate of drug-likeness (QED) is 0.107. The predicted octanol–water partition coefficient (Wildman–Crippen LogP) is 0.741. The van der Waals surface area contributed by atoms with Gasteiger partial charge in [0.1, 0.15) is 11.9 Å². The van der Waals surface area contributed by atoms with Crippen LogP contribution >= 0.6 is 33.8 Å². The molecule has 1 aromatic heterocycles. The van der Waals surface area contributed by atoms with Crippen LogP contribution in [-0.4, -0.2) is 80.7 Å². The van der Waals surface area contributed by atoms with Crippen LogP contribution in [0.1, 0.15) is 51.7 Å². The van der Waals surface area contributed by atoms with E-state index in [0.717, 1.165) is 25.5 Å². The van der Waals surface area contributed by atoms with Gasteiger partial charge in [0, 0.05) is 18.0 Å². The van der Waals surface area contributed by atoms with Gasteiger partial charge in [-0.15, -0.1) is 0 Å². The number of anilines is 1. The summed E-state index contributed by atoms with van der Waals surface area (Å²) in [6, 6.07) is 1.26. The third-order valence-corrected chi connectivity index (χ3v) is 13.0. The van der Waals surface area contributed by atoms with Crippen LogP contribution in [0.3, 0.4) is 0 Å². The fourth-order valence-electron chi connectivity index (χ4n) is 3.96. The Hall–Kier alpha value is -0.720. The molecule has 2 fully saturated rings. The van der Waals surface area contributed by atoms with Gasteiger partial charge >= 0.3 is 28.1 Å². The Bertz CT molecular complexity index is 1240. The van der Waals surface area contributed by atoms with Crippen molar-refractivity contribution in [2.24, 2.45) is 0 Å². The average molecular weight is 655 g/mol. The number of phosphoric ester groups is 1. The zero-order chi connectivity index (χ0) is 30.0. The molecule has 8 N–H and O–H groups in total. The zero-order valence-corrected chi connectivity index (χ0v) is 24.6. The first kappa shape index (κ1) is 33.8. The van der Waals surface area contributed by atoms with Gasteiger partial charge in [-0.25, -0.2) is 18.5 Å². The number of hydrogen-bond donors (Lipinski definition) is 8. The minimum absolute atomic E-state index is 0.139. The van der Waals surface area contributed by atoms with Crippen molar-refractivity contribution in [2.75, 3.05) is 18.5 Å². The van der Waals surface area contributed by atoms with Gasteiger partial charge in [0.15, 0.2) is 6.23 Å². The van der Waals surface area contributed by atoms with Crippen LogP contribution in [0.15, 0.2) is 17.1 Å². The summed E-state index contributed by atoms with van der Waals surface area (Å²) in [6.45, 7) is -3.87. The van der Waals surface area contributed by atoms with E-state index >= 15 is 0 Å². The minimum Gasteiger partial charge on any atom is -0.370 e. The van der Waals surface area contributed by atoms with Crippen molar-refractivity contribution in [3.8, 4) is 0 Å². The second kappa shape index (κ2) is 12.9. The van der Waals surface area contributed by atoms with E-state index in [0.29, 0.717) is 41.8 Å². The summed E-state index contributed by atoms with van der Waals surface area (Å²) in [5.41, 5.74) is -1.09. The summed E-state index contributed by atoms with van der Waals surface area (Å²) < 4.78 is 55.0. The van der Waals surface area contributed by atoms with Crippen molar-refractivity contribution in [1.29, 1.82) is 0 Å². The van der Waals surface area contributed by atoms with Crippen LogP contribution in [0.2, 0.25) is 0 Å². The number of aromatic nitrogens is 2. The van der Waals surface area contributed by atoms with Gasteiger partial charge in [0.05, 0.1) is 6.61 Å². The molecule has 0 aromatic carbocycles. The molecule has 40 heavy (non-hydrogen) atoms. The van der Waals surface area contributed by atoms with Crippen molar-refractivity contribution in [3.05, 3.63) is 22.7 Å². The number of ether oxygens (including phenoxy) is 1. The lowest BCUT2D eigenvalue weighted by Gasteiger charge is -2.31. The number of nitrogens with one attached hydrogen (secondary N) is 1. The standard InChI is InChI=1S/C18H32N3O15P3S/c1-2-9-19-14-8-10-21(16(22)20-14)15-18(25,26)17(23,24)13(34-15)11-33-37(27,28)35-38(29,30)36-39(31,32)40-12-6-4-3-5-7-12/h8,10,12-13,15,23-26H,2-7,9,11H2,1H3,(H,27,28)(H,29,30)(H,31,32)(H,19,20,22)/t13-,15-/m1/s1. The predicted molar refractivity (Wildman–Crippen MR) is 138 cm³/mol. The van der Waals surface area contributed by atoms with E-state index in [1.54, 1.807) is 0 Å². The number of phosphoric acid groups is 2. The second-order valence-electron chi connectivity index (χ2n) is 9.09. The van der Waals surface area contributed by atoms with E-state index in [-0.39, 0.29) is 11.1 Å². The molecule has 18 nitrogen and oxygen atoms in total. The first-order valence-electron chi connectivity index (χ1n) is 12.0. The molecule has 1 aliphatic heterocycles. The van der Waals surface area contributed by atoms with E-state index in [1.807, 2.05) is 6.92 Å². The summed E-state index contributed by atoms with van der Waals surface area (Å²) in [5.74, 6) is -7.09. The molecule has 0 bridgehead atoms. The lowest BCUT2D eigenvalue weighted by molar-refractivity contribution is -0.355. The Morgan fingerprint density at radius 3 is 2.33 bits per heavy atom. The molecule has 5 atom stereocenters. The molecule has 0 radical (unpaired) electrons. The molecule has 0 spiro atoms. The third kappa shape index (κ3) is 8.43. The number of aliphatic hydroxyl groups is 4. The first-order valence-corrected chi connectivity index (χ1v) is 18.1. The van der Waals surface area contributed by atoms with E-state index < -0.39 is 58.6 Å². The smallest absolute Gasteiger partial charge is 0.370 e. The van der Waals surface area contributed by atoms with Crippen molar-refractivity contribution >= 4 is 39.6 Å². The summed E-state index contributed by atoms with van der Waals surface area (Å²) in [6.07, 6.45) is 0.857. The monoisotopic (exact) mass is 655 g/mol. The Labute approximate surface area is 231 Å². The Kier molecular flexibility index (Phi) is 10.9. The van der Waals surface area contributed by atoms with E-state index in [2.05, 4.69) is 23.4 Å². The number of nitrogens with zero attached hydrogens (tertiary/aromatic N) is 2. The van der Waals surface area contributed by atoms with Crippen LogP contribution in [0.4, 0.5) is 5.82 Å². The van der Waals surface area contributed by atoms with Crippen molar-refractivity contribution in [1.82, 2.24) is 9.55 Å².